The molecule has 0 aliphatic rings. The second-order valence-corrected chi connectivity index (χ2v) is 7.39. The number of benzene rings is 2. The summed E-state index contributed by atoms with van der Waals surface area (Å²) in [7, 11) is 0. The molecule has 0 aliphatic heterocycles. The van der Waals surface area contributed by atoms with Gasteiger partial charge in [0.2, 0.25) is 5.91 Å². The van der Waals surface area contributed by atoms with Gasteiger partial charge in [-0.2, -0.15) is 0 Å². The van der Waals surface area contributed by atoms with E-state index < -0.39 is 0 Å². The van der Waals surface area contributed by atoms with E-state index in [-0.39, 0.29) is 12.3 Å². The van der Waals surface area contributed by atoms with Crippen molar-refractivity contribution in [3.63, 3.8) is 0 Å². The van der Waals surface area contributed by atoms with Gasteiger partial charge in [-0.1, -0.05) is 35.1 Å². The third-order valence-electron chi connectivity index (χ3n) is 4.18. The van der Waals surface area contributed by atoms with Crippen molar-refractivity contribution >= 4 is 55.2 Å². The zero-order chi connectivity index (χ0) is 17.6. The minimum atomic E-state index is -0.127. The number of aromatic nitrogens is 1. The number of nitrogens with zero attached hydrogens (tertiary/aromatic N) is 1. The summed E-state index contributed by atoms with van der Waals surface area (Å²) in [6.07, 6.45) is 1.84. The van der Waals surface area contributed by atoms with E-state index in [4.69, 9.17) is 16.0 Å². The number of carbonyl (C=O) groups is 1. The predicted molar refractivity (Wildman–Crippen MR) is 103 cm³/mol. The van der Waals surface area contributed by atoms with Crippen LogP contribution in [0.4, 0.5) is 5.13 Å². The van der Waals surface area contributed by atoms with Crippen LogP contribution in [-0.2, 0) is 11.2 Å². The standard InChI is InChI=1S/C19H15ClN2O2S/c1-10-7-14-17(11(2)18(10)20)12(9-24-14)8-16(23)22-19-21-13-5-3-4-6-15(13)25-19/h3-7,9H,8H2,1-2H3,(H,21,22,23). The van der Waals surface area contributed by atoms with Crippen molar-refractivity contribution in [2.75, 3.05) is 5.32 Å². The molecular formula is C19H15ClN2O2S. The number of furan rings is 1. The lowest BCUT2D eigenvalue weighted by Gasteiger charge is -2.05. The molecule has 1 N–H and O–H groups in total. The van der Waals surface area contributed by atoms with Gasteiger partial charge in [0.05, 0.1) is 22.9 Å². The van der Waals surface area contributed by atoms with Gasteiger partial charge in [0.15, 0.2) is 5.13 Å². The van der Waals surface area contributed by atoms with E-state index in [0.717, 1.165) is 37.9 Å². The van der Waals surface area contributed by atoms with Crippen LogP contribution < -0.4 is 5.32 Å². The average molecular weight is 371 g/mol. The minimum absolute atomic E-state index is 0.127. The number of para-hydroxylation sites is 1. The van der Waals surface area contributed by atoms with Crippen molar-refractivity contribution in [2.24, 2.45) is 0 Å². The first-order valence-corrected chi connectivity index (χ1v) is 9.03. The molecule has 1 amide bonds. The van der Waals surface area contributed by atoms with E-state index in [1.54, 1.807) is 6.26 Å². The second kappa shape index (κ2) is 6.17. The van der Waals surface area contributed by atoms with Crippen LogP contribution >= 0.6 is 22.9 Å². The van der Waals surface area contributed by atoms with Gasteiger partial charge in [-0.25, -0.2) is 4.98 Å². The summed E-state index contributed by atoms with van der Waals surface area (Å²) < 4.78 is 6.66. The van der Waals surface area contributed by atoms with Crippen molar-refractivity contribution in [1.29, 1.82) is 0 Å². The number of carbonyl (C=O) groups excluding carboxylic acids is 1. The van der Waals surface area contributed by atoms with Crippen LogP contribution in [0.5, 0.6) is 0 Å². The Hall–Kier alpha value is -2.37. The van der Waals surface area contributed by atoms with Gasteiger partial charge in [0.1, 0.15) is 5.58 Å². The monoisotopic (exact) mass is 370 g/mol. The highest BCUT2D eigenvalue weighted by molar-refractivity contribution is 7.22. The molecule has 0 aliphatic carbocycles. The van der Waals surface area contributed by atoms with Crippen LogP contribution in [0.3, 0.4) is 0 Å². The van der Waals surface area contributed by atoms with E-state index in [0.29, 0.717) is 10.2 Å². The average Bonchev–Trinajstić information content (AvgIpc) is 3.16. The smallest absolute Gasteiger partial charge is 0.230 e. The number of hydrogen-bond acceptors (Lipinski definition) is 4. The molecule has 2 aromatic heterocycles. The van der Waals surface area contributed by atoms with Gasteiger partial charge < -0.3 is 9.73 Å². The highest BCUT2D eigenvalue weighted by Crippen LogP contribution is 2.33. The Bertz CT molecular complexity index is 1080. The van der Waals surface area contributed by atoms with Gasteiger partial charge in [0, 0.05) is 16.0 Å². The zero-order valence-electron chi connectivity index (χ0n) is 13.7. The van der Waals surface area contributed by atoms with Gasteiger partial charge in [-0.05, 0) is 43.2 Å². The molecule has 126 valence electrons. The summed E-state index contributed by atoms with van der Waals surface area (Å²) in [6.45, 7) is 3.89. The lowest BCUT2D eigenvalue weighted by molar-refractivity contribution is -0.115. The molecule has 4 nitrogen and oxygen atoms in total. The number of anilines is 1. The fourth-order valence-electron chi connectivity index (χ4n) is 3.00. The maximum atomic E-state index is 12.4. The van der Waals surface area contributed by atoms with E-state index in [1.807, 2.05) is 44.2 Å². The molecule has 0 bridgehead atoms. The molecule has 25 heavy (non-hydrogen) atoms. The van der Waals surface area contributed by atoms with E-state index >= 15 is 0 Å². The van der Waals surface area contributed by atoms with Crippen LogP contribution in [0, 0.1) is 13.8 Å². The van der Waals surface area contributed by atoms with Gasteiger partial charge in [0.25, 0.3) is 0 Å². The molecular weight excluding hydrogens is 356 g/mol. The molecule has 0 unspecified atom stereocenters. The molecule has 6 heteroatoms. The number of halogens is 1. The summed E-state index contributed by atoms with van der Waals surface area (Å²) in [5.74, 6) is -0.127. The first kappa shape index (κ1) is 16.1. The molecule has 0 atom stereocenters. The normalized spacial score (nSPS) is 11.3. The van der Waals surface area contributed by atoms with Crippen molar-refractivity contribution in [1.82, 2.24) is 4.98 Å². The number of fused-ring (bicyclic) bond motifs is 2. The van der Waals surface area contributed by atoms with Crippen LogP contribution in [-0.4, -0.2) is 10.9 Å². The summed E-state index contributed by atoms with van der Waals surface area (Å²) in [5, 5.41) is 5.10. The molecule has 2 aromatic carbocycles. The topological polar surface area (TPSA) is 55.1 Å². The van der Waals surface area contributed by atoms with Crippen LogP contribution in [0.2, 0.25) is 5.02 Å². The Morgan fingerprint density at radius 1 is 1.32 bits per heavy atom. The third kappa shape index (κ3) is 2.90. The number of amides is 1. The van der Waals surface area contributed by atoms with Crippen molar-refractivity contribution in [3.8, 4) is 0 Å². The Kier molecular flexibility index (Phi) is 3.98. The van der Waals surface area contributed by atoms with Gasteiger partial charge >= 0.3 is 0 Å². The van der Waals surface area contributed by atoms with Gasteiger partial charge in [-0.15, -0.1) is 0 Å². The quantitative estimate of drug-likeness (QED) is 0.518. The minimum Gasteiger partial charge on any atom is -0.464 e. The lowest BCUT2D eigenvalue weighted by Crippen LogP contribution is -2.14. The molecule has 0 saturated carbocycles. The molecule has 0 saturated heterocycles. The summed E-state index contributed by atoms with van der Waals surface area (Å²) >= 11 is 7.81. The Morgan fingerprint density at radius 2 is 2.12 bits per heavy atom. The molecule has 4 aromatic rings. The number of aryl methyl sites for hydroxylation is 2. The van der Waals surface area contributed by atoms with E-state index in [9.17, 15) is 4.79 Å². The number of rotatable bonds is 3. The number of thiazole rings is 1. The Morgan fingerprint density at radius 3 is 2.92 bits per heavy atom. The molecule has 0 spiro atoms. The SMILES string of the molecule is Cc1cc2occ(CC(=O)Nc3nc4ccccc4s3)c2c(C)c1Cl. The van der Waals surface area contributed by atoms with Crippen LogP contribution in [0.1, 0.15) is 16.7 Å². The van der Waals surface area contributed by atoms with Gasteiger partial charge in [-0.3, -0.25) is 4.79 Å². The highest BCUT2D eigenvalue weighted by Gasteiger charge is 2.16. The first-order chi connectivity index (χ1) is 12.0. The lowest BCUT2D eigenvalue weighted by atomic mass is 10.0. The predicted octanol–water partition coefficient (Wildman–Crippen LogP) is 5.49. The third-order valence-corrected chi connectivity index (χ3v) is 5.72. The maximum Gasteiger partial charge on any atom is 0.230 e. The number of hydrogen-bond donors (Lipinski definition) is 1. The van der Waals surface area contributed by atoms with E-state index in [1.165, 1.54) is 11.3 Å². The Labute approximate surface area is 153 Å². The van der Waals surface area contributed by atoms with Crippen LogP contribution in [0.25, 0.3) is 21.2 Å². The van der Waals surface area contributed by atoms with E-state index in [2.05, 4.69) is 10.3 Å². The molecule has 0 radical (unpaired) electrons. The molecule has 2 heterocycles. The number of nitrogens with one attached hydrogen (secondary N) is 1. The summed E-state index contributed by atoms with van der Waals surface area (Å²) in [5.41, 5.74) is 4.37. The molecule has 4 rings (SSSR count). The Balaban J connectivity index is 1.60. The zero-order valence-corrected chi connectivity index (χ0v) is 15.3. The largest absolute Gasteiger partial charge is 0.464 e. The molecule has 0 fully saturated rings. The highest BCUT2D eigenvalue weighted by atomic mass is 35.5. The first-order valence-electron chi connectivity index (χ1n) is 7.84. The van der Waals surface area contributed by atoms with Crippen LogP contribution in [0.15, 0.2) is 41.0 Å². The van der Waals surface area contributed by atoms with Crippen molar-refractivity contribution in [3.05, 3.63) is 58.3 Å². The maximum absolute atomic E-state index is 12.4. The summed E-state index contributed by atoms with van der Waals surface area (Å²) in [4.78, 5) is 16.9. The van der Waals surface area contributed by atoms with Crippen molar-refractivity contribution < 1.29 is 9.21 Å². The summed E-state index contributed by atoms with van der Waals surface area (Å²) in [6, 6.07) is 9.70. The fourth-order valence-corrected chi connectivity index (χ4v) is 4.03. The second-order valence-electron chi connectivity index (χ2n) is 5.98. The van der Waals surface area contributed by atoms with Crippen molar-refractivity contribution in [2.45, 2.75) is 20.3 Å². The fraction of sp³-hybridized carbons (Fsp3) is 0.158.